The maximum absolute atomic E-state index is 12.5. The molecule has 0 fully saturated rings. The highest BCUT2D eigenvalue weighted by atomic mass is 32.2. The highest BCUT2D eigenvalue weighted by Crippen LogP contribution is 2.39. The van der Waals surface area contributed by atoms with Crippen LogP contribution in [0.2, 0.25) is 0 Å². The third kappa shape index (κ3) is 4.14. The second kappa shape index (κ2) is 8.98. The fourth-order valence-corrected chi connectivity index (χ4v) is 5.35. The summed E-state index contributed by atoms with van der Waals surface area (Å²) in [4.78, 5) is 25.4. The minimum absolute atomic E-state index is 0.0589. The molecule has 134 valence electrons. The Morgan fingerprint density at radius 2 is 1.92 bits per heavy atom. The van der Waals surface area contributed by atoms with Crippen LogP contribution in [0.25, 0.3) is 10.2 Å². The summed E-state index contributed by atoms with van der Waals surface area (Å²) >= 11 is 3.17. The van der Waals surface area contributed by atoms with Crippen LogP contribution in [0.15, 0.2) is 11.4 Å². The zero-order chi connectivity index (χ0) is 18.4. The molecule has 3 rings (SSSR count). The van der Waals surface area contributed by atoms with Crippen LogP contribution in [0, 0.1) is 22.7 Å². The maximum Gasteiger partial charge on any atom is 0.233 e. The average Bonchev–Trinajstić information content (AvgIpc) is 3.05. The Kier molecular flexibility index (Phi) is 6.43. The Morgan fingerprint density at radius 1 is 1.19 bits per heavy atom. The van der Waals surface area contributed by atoms with Crippen molar-refractivity contribution in [2.45, 2.75) is 43.6 Å². The summed E-state index contributed by atoms with van der Waals surface area (Å²) in [5.74, 6) is 0.199. The van der Waals surface area contributed by atoms with Crippen LogP contribution in [-0.4, -0.2) is 39.6 Å². The fourth-order valence-electron chi connectivity index (χ4n) is 3.12. The number of carbonyl (C=O) groups is 1. The minimum Gasteiger partial charge on any atom is -0.340 e. The molecule has 0 spiro atoms. The lowest BCUT2D eigenvalue weighted by Crippen LogP contribution is -2.34. The molecule has 0 N–H and O–H groups in total. The lowest BCUT2D eigenvalue weighted by molar-refractivity contribution is -0.128. The van der Waals surface area contributed by atoms with Crippen molar-refractivity contribution in [1.82, 2.24) is 14.9 Å². The van der Waals surface area contributed by atoms with Gasteiger partial charge in [0.15, 0.2) is 0 Å². The SMILES string of the molecule is N#CCCN(CCC#N)C(=O)CSc1ncnc2sc3c(c12)CCCC3. The molecule has 2 aromatic rings. The Hall–Kier alpha value is -2.16. The molecule has 26 heavy (non-hydrogen) atoms. The van der Waals surface area contributed by atoms with Gasteiger partial charge in [0.2, 0.25) is 5.91 Å². The second-order valence-electron chi connectivity index (χ2n) is 6.06. The fraction of sp³-hybridized carbons (Fsp3) is 0.500. The van der Waals surface area contributed by atoms with Crippen LogP contribution in [0.4, 0.5) is 0 Å². The number of amides is 1. The van der Waals surface area contributed by atoms with Crippen molar-refractivity contribution in [1.29, 1.82) is 10.5 Å². The van der Waals surface area contributed by atoms with E-state index in [9.17, 15) is 4.79 Å². The molecule has 1 aliphatic carbocycles. The first-order valence-corrected chi connectivity index (χ1v) is 10.4. The number of nitriles is 2. The molecular weight excluding hydrogens is 366 g/mol. The first-order valence-electron chi connectivity index (χ1n) is 8.64. The van der Waals surface area contributed by atoms with Gasteiger partial charge in [-0.25, -0.2) is 9.97 Å². The number of thiophene rings is 1. The van der Waals surface area contributed by atoms with Gasteiger partial charge in [0.05, 0.1) is 30.7 Å². The van der Waals surface area contributed by atoms with Crippen molar-refractivity contribution in [3.63, 3.8) is 0 Å². The summed E-state index contributed by atoms with van der Waals surface area (Å²) in [5.41, 5.74) is 1.36. The first-order chi connectivity index (χ1) is 12.7. The van der Waals surface area contributed by atoms with Crippen molar-refractivity contribution in [3.05, 3.63) is 16.8 Å². The minimum atomic E-state index is -0.0589. The van der Waals surface area contributed by atoms with Crippen LogP contribution >= 0.6 is 23.1 Å². The monoisotopic (exact) mass is 385 g/mol. The number of fused-ring (bicyclic) bond motifs is 3. The normalized spacial score (nSPS) is 13.0. The molecule has 8 heteroatoms. The van der Waals surface area contributed by atoms with Crippen molar-refractivity contribution in [2.75, 3.05) is 18.8 Å². The Bertz CT molecular complexity index is 862. The zero-order valence-electron chi connectivity index (χ0n) is 14.4. The molecular formula is C18H19N5OS2. The Balaban J connectivity index is 1.74. The lowest BCUT2D eigenvalue weighted by Gasteiger charge is -2.20. The maximum atomic E-state index is 12.5. The molecule has 0 aromatic carbocycles. The van der Waals surface area contributed by atoms with Gasteiger partial charge in [-0.2, -0.15) is 10.5 Å². The van der Waals surface area contributed by atoms with Crippen LogP contribution < -0.4 is 0 Å². The van der Waals surface area contributed by atoms with E-state index in [0.717, 1.165) is 28.1 Å². The van der Waals surface area contributed by atoms with E-state index in [-0.39, 0.29) is 24.5 Å². The van der Waals surface area contributed by atoms with Crippen molar-refractivity contribution < 1.29 is 4.79 Å². The van der Waals surface area contributed by atoms with Gasteiger partial charge in [0, 0.05) is 23.4 Å². The topological polar surface area (TPSA) is 93.7 Å². The molecule has 0 saturated carbocycles. The molecule has 0 radical (unpaired) electrons. The standard InChI is InChI=1S/C18H19N5OS2/c19-7-3-9-23(10-4-8-20)15(24)11-25-17-16-13-5-1-2-6-14(13)26-18(16)22-12-21-17/h12H,1-6,9-11H2. The predicted molar refractivity (Wildman–Crippen MR) is 102 cm³/mol. The molecule has 6 nitrogen and oxygen atoms in total. The number of thioether (sulfide) groups is 1. The summed E-state index contributed by atoms with van der Waals surface area (Å²) < 4.78 is 0. The van der Waals surface area contributed by atoms with Gasteiger partial charge in [-0.15, -0.1) is 11.3 Å². The van der Waals surface area contributed by atoms with E-state index < -0.39 is 0 Å². The van der Waals surface area contributed by atoms with E-state index in [2.05, 4.69) is 22.1 Å². The molecule has 1 aliphatic rings. The van der Waals surface area contributed by atoms with E-state index in [1.165, 1.54) is 35.0 Å². The number of rotatable bonds is 7. The summed E-state index contributed by atoms with van der Waals surface area (Å²) in [5, 5.41) is 19.5. The molecule has 0 bridgehead atoms. The quantitative estimate of drug-likeness (QED) is 0.536. The van der Waals surface area contributed by atoms with E-state index in [0.29, 0.717) is 13.1 Å². The summed E-state index contributed by atoms with van der Waals surface area (Å²) in [7, 11) is 0. The van der Waals surface area contributed by atoms with Gasteiger partial charge in [-0.3, -0.25) is 4.79 Å². The van der Waals surface area contributed by atoms with Crippen molar-refractivity contribution >= 4 is 39.2 Å². The predicted octanol–water partition coefficient (Wildman–Crippen LogP) is 3.32. The first kappa shape index (κ1) is 18.6. The number of nitrogens with zero attached hydrogens (tertiary/aromatic N) is 5. The number of hydrogen-bond acceptors (Lipinski definition) is 7. The molecule has 0 saturated heterocycles. The van der Waals surface area contributed by atoms with Gasteiger partial charge in [0.25, 0.3) is 0 Å². The highest BCUT2D eigenvalue weighted by molar-refractivity contribution is 8.00. The molecule has 2 aromatic heterocycles. The van der Waals surface area contributed by atoms with E-state index >= 15 is 0 Å². The summed E-state index contributed by atoms with van der Waals surface area (Å²) in [6.45, 7) is 0.731. The average molecular weight is 386 g/mol. The molecule has 2 heterocycles. The Morgan fingerprint density at radius 3 is 2.65 bits per heavy atom. The summed E-state index contributed by atoms with van der Waals surface area (Å²) in [6.07, 6.45) is 6.69. The van der Waals surface area contributed by atoms with Gasteiger partial charge in [0.1, 0.15) is 16.2 Å². The molecule has 0 unspecified atom stereocenters. The van der Waals surface area contributed by atoms with E-state index in [1.54, 1.807) is 22.6 Å². The van der Waals surface area contributed by atoms with Gasteiger partial charge in [-0.05, 0) is 31.2 Å². The van der Waals surface area contributed by atoms with Crippen LogP contribution in [0.5, 0.6) is 0 Å². The highest BCUT2D eigenvalue weighted by Gasteiger charge is 2.21. The third-order valence-electron chi connectivity index (χ3n) is 4.39. The number of hydrogen-bond donors (Lipinski definition) is 0. The molecule has 0 aliphatic heterocycles. The summed E-state index contributed by atoms with van der Waals surface area (Å²) in [6, 6.07) is 4.11. The van der Waals surface area contributed by atoms with Gasteiger partial charge in [-0.1, -0.05) is 11.8 Å². The van der Waals surface area contributed by atoms with Gasteiger partial charge < -0.3 is 4.90 Å². The number of aryl methyl sites for hydroxylation is 2. The zero-order valence-corrected chi connectivity index (χ0v) is 16.0. The largest absolute Gasteiger partial charge is 0.340 e. The smallest absolute Gasteiger partial charge is 0.233 e. The Labute approximate surface area is 160 Å². The number of aromatic nitrogens is 2. The van der Waals surface area contributed by atoms with Crippen molar-refractivity contribution in [2.24, 2.45) is 0 Å². The molecule has 1 amide bonds. The molecule has 0 atom stereocenters. The van der Waals surface area contributed by atoms with Gasteiger partial charge >= 0.3 is 0 Å². The van der Waals surface area contributed by atoms with Crippen LogP contribution in [0.3, 0.4) is 0 Å². The third-order valence-corrected chi connectivity index (χ3v) is 6.56. The van der Waals surface area contributed by atoms with Crippen LogP contribution in [0.1, 0.15) is 36.1 Å². The number of carbonyl (C=O) groups excluding carboxylic acids is 1. The van der Waals surface area contributed by atoms with Crippen molar-refractivity contribution in [3.8, 4) is 12.1 Å². The second-order valence-corrected chi connectivity index (χ2v) is 8.10. The van der Waals surface area contributed by atoms with E-state index in [4.69, 9.17) is 10.5 Å². The lowest BCUT2D eigenvalue weighted by atomic mass is 9.97. The van der Waals surface area contributed by atoms with Crippen LogP contribution in [-0.2, 0) is 17.6 Å². The van der Waals surface area contributed by atoms with E-state index in [1.807, 2.05) is 0 Å².